The van der Waals surface area contributed by atoms with Gasteiger partial charge in [-0.05, 0) is 12.1 Å². The van der Waals surface area contributed by atoms with E-state index in [1.165, 1.54) is 0 Å². The average molecular weight is 233 g/mol. The van der Waals surface area contributed by atoms with Crippen LogP contribution in [0.15, 0.2) is 30.3 Å². The van der Waals surface area contributed by atoms with Crippen LogP contribution in [0, 0.1) is 11.3 Å². The maximum Gasteiger partial charge on any atom is 0.257 e. The van der Waals surface area contributed by atoms with E-state index in [1.54, 1.807) is 44.2 Å². The first-order valence-electron chi connectivity index (χ1n) is 5.26. The number of rotatable bonds is 2. The molecule has 0 fully saturated rings. The smallest absolute Gasteiger partial charge is 0.257 e. The van der Waals surface area contributed by atoms with Crippen molar-refractivity contribution in [1.82, 2.24) is 10.6 Å². The fraction of sp³-hybridized carbons (Fsp3) is 0.250. The molecule has 0 saturated heterocycles. The highest BCUT2D eigenvalue weighted by molar-refractivity contribution is 6.08. The Morgan fingerprint density at radius 3 is 2.24 bits per heavy atom. The van der Waals surface area contributed by atoms with Gasteiger partial charge >= 0.3 is 0 Å². The van der Waals surface area contributed by atoms with Crippen LogP contribution in [0.2, 0.25) is 0 Å². The van der Waals surface area contributed by atoms with Crippen LogP contribution in [0.1, 0.15) is 24.2 Å². The lowest BCUT2D eigenvalue weighted by Gasteiger charge is -2.09. The van der Waals surface area contributed by atoms with Gasteiger partial charge in [-0.1, -0.05) is 32.0 Å². The lowest BCUT2D eigenvalue weighted by Crippen LogP contribution is -2.44. The second kappa shape index (κ2) is 5.79. The summed E-state index contributed by atoms with van der Waals surface area (Å²) in [6.07, 6.45) is 0. The van der Waals surface area contributed by atoms with Gasteiger partial charge in [-0.15, -0.1) is 0 Å². The zero-order valence-electron chi connectivity index (χ0n) is 9.78. The predicted octanol–water partition coefficient (Wildman–Crippen LogP) is 1.12. The van der Waals surface area contributed by atoms with E-state index in [1.807, 2.05) is 0 Å². The van der Waals surface area contributed by atoms with Crippen LogP contribution in [-0.4, -0.2) is 17.8 Å². The van der Waals surface area contributed by atoms with Crippen molar-refractivity contribution in [1.29, 1.82) is 5.41 Å². The highest BCUT2D eigenvalue weighted by Gasteiger charge is 2.11. The molecule has 0 aromatic heterocycles. The van der Waals surface area contributed by atoms with Crippen molar-refractivity contribution in [2.24, 2.45) is 5.92 Å². The van der Waals surface area contributed by atoms with E-state index in [0.717, 1.165) is 0 Å². The second-order valence-corrected chi connectivity index (χ2v) is 3.84. The Balaban J connectivity index is 2.53. The summed E-state index contributed by atoms with van der Waals surface area (Å²) in [4.78, 5) is 22.9. The number of guanidine groups is 1. The number of hydrogen-bond donors (Lipinski definition) is 3. The standard InChI is InChI=1S/C12H15N3O2/c1-8(2)10(16)14-12(13)15-11(17)9-6-4-3-5-7-9/h3-8H,1-2H3,(H3,13,14,15,16,17). The zero-order valence-corrected chi connectivity index (χ0v) is 9.78. The third kappa shape index (κ3) is 4.06. The third-order valence-electron chi connectivity index (χ3n) is 2.05. The number of hydrogen-bond acceptors (Lipinski definition) is 3. The fourth-order valence-corrected chi connectivity index (χ4v) is 1.07. The van der Waals surface area contributed by atoms with Gasteiger partial charge in [0.1, 0.15) is 0 Å². The molecule has 0 heterocycles. The number of amides is 2. The molecule has 0 saturated carbocycles. The number of carbonyl (C=O) groups excluding carboxylic acids is 2. The van der Waals surface area contributed by atoms with Gasteiger partial charge in [0.25, 0.3) is 5.91 Å². The minimum Gasteiger partial charge on any atom is -0.296 e. The van der Waals surface area contributed by atoms with Crippen molar-refractivity contribution in [3.63, 3.8) is 0 Å². The molecule has 0 radical (unpaired) electrons. The third-order valence-corrected chi connectivity index (χ3v) is 2.05. The molecular weight excluding hydrogens is 218 g/mol. The molecule has 0 aliphatic rings. The predicted molar refractivity (Wildman–Crippen MR) is 64.6 cm³/mol. The molecule has 0 bridgehead atoms. The molecule has 17 heavy (non-hydrogen) atoms. The topological polar surface area (TPSA) is 82.1 Å². The molecular formula is C12H15N3O2. The van der Waals surface area contributed by atoms with Crippen LogP contribution < -0.4 is 10.6 Å². The van der Waals surface area contributed by atoms with Crippen molar-refractivity contribution < 1.29 is 9.59 Å². The van der Waals surface area contributed by atoms with E-state index in [4.69, 9.17) is 5.41 Å². The minimum absolute atomic E-state index is 0.232. The highest BCUT2D eigenvalue weighted by Crippen LogP contribution is 1.97. The summed E-state index contributed by atoms with van der Waals surface area (Å²) in [6.45, 7) is 3.42. The van der Waals surface area contributed by atoms with Crippen LogP contribution in [0.3, 0.4) is 0 Å². The van der Waals surface area contributed by atoms with Crippen molar-refractivity contribution in [3.05, 3.63) is 35.9 Å². The molecule has 3 N–H and O–H groups in total. The molecule has 5 heteroatoms. The quantitative estimate of drug-likeness (QED) is 0.528. The summed E-state index contributed by atoms with van der Waals surface area (Å²) in [5.41, 5.74) is 0.441. The van der Waals surface area contributed by atoms with Crippen LogP contribution in [0.25, 0.3) is 0 Å². The Hall–Kier alpha value is -2.17. The van der Waals surface area contributed by atoms with Crippen LogP contribution >= 0.6 is 0 Å². The molecule has 0 atom stereocenters. The van der Waals surface area contributed by atoms with Gasteiger partial charge in [0.2, 0.25) is 11.9 Å². The second-order valence-electron chi connectivity index (χ2n) is 3.84. The minimum atomic E-state index is -0.417. The SMILES string of the molecule is CC(C)C(=O)NC(=N)NC(=O)c1ccccc1. The van der Waals surface area contributed by atoms with Crippen LogP contribution in [0.4, 0.5) is 0 Å². The van der Waals surface area contributed by atoms with E-state index < -0.39 is 5.91 Å². The molecule has 1 aromatic carbocycles. The molecule has 0 aliphatic heterocycles. The van der Waals surface area contributed by atoms with Crippen LogP contribution in [0.5, 0.6) is 0 Å². The Morgan fingerprint density at radius 1 is 1.12 bits per heavy atom. The fourth-order valence-electron chi connectivity index (χ4n) is 1.07. The molecule has 90 valence electrons. The van der Waals surface area contributed by atoms with Gasteiger partial charge in [-0.3, -0.25) is 25.6 Å². The van der Waals surface area contributed by atoms with Crippen LogP contribution in [-0.2, 0) is 4.79 Å². The van der Waals surface area contributed by atoms with Gasteiger partial charge < -0.3 is 0 Å². The molecule has 0 aliphatic carbocycles. The van der Waals surface area contributed by atoms with Gasteiger partial charge in [0.05, 0.1) is 0 Å². The first-order chi connectivity index (χ1) is 8.00. The number of benzene rings is 1. The summed E-state index contributed by atoms with van der Waals surface area (Å²) in [5, 5.41) is 12.0. The van der Waals surface area contributed by atoms with Gasteiger partial charge in [0.15, 0.2) is 0 Å². The molecule has 0 unspecified atom stereocenters. The maximum absolute atomic E-state index is 11.6. The first-order valence-corrected chi connectivity index (χ1v) is 5.26. The van der Waals surface area contributed by atoms with Gasteiger partial charge in [-0.2, -0.15) is 0 Å². The van der Waals surface area contributed by atoms with E-state index in [0.29, 0.717) is 5.56 Å². The summed E-state index contributed by atoms with van der Waals surface area (Å²) in [6, 6.07) is 8.51. The van der Waals surface area contributed by atoms with E-state index in [2.05, 4.69) is 10.6 Å². The number of nitrogens with one attached hydrogen (secondary N) is 3. The lowest BCUT2D eigenvalue weighted by molar-refractivity contribution is -0.122. The Kier molecular flexibility index (Phi) is 4.39. The Labute approximate surface area is 99.7 Å². The van der Waals surface area contributed by atoms with E-state index in [9.17, 15) is 9.59 Å². The van der Waals surface area contributed by atoms with Gasteiger partial charge in [0, 0.05) is 11.5 Å². The normalized spacial score (nSPS) is 9.82. The first kappa shape index (κ1) is 12.9. The average Bonchev–Trinajstić information content (AvgIpc) is 2.29. The van der Waals surface area contributed by atoms with E-state index >= 15 is 0 Å². The lowest BCUT2D eigenvalue weighted by atomic mass is 10.2. The monoisotopic (exact) mass is 233 g/mol. The molecule has 1 aromatic rings. The molecule has 2 amide bonds. The van der Waals surface area contributed by atoms with Crippen molar-refractivity contribution in [3.8, 4) is 0 Å². The highest BCUT2D eigenvalue weighted by atomic mass is 16.2. The Morgan fingerprint density at radius 2 is 1.71 bits per heavy atom. The van der Waals surface area contributed by atoms with Crippen molar-refractivity contribution in [2.75, 3.05) is 0 Å². The summed E-state index contributed by atoms with van der Waals surface area (Å²) in [5.74, 6) is -1.26. The largest absolute Gasteiger partial charge is 0.296 e. The van der Waals surface area contributed by atoms with Crippen molar-refractivity contribution in [2.45, 2.75) is 13.8 Å². The van der Waals surface area contributed by atoms with E-state index in [-0.39, 0.29) is 17.8 Å². The van der Waals surface area contributed by atoms with Crippen molar-refractivity contribution >= 4 is 17.8 Å². The van der Waals surface area contributed by atoms with Gasteiger partial charge in [-0.25, -0.2) is 0 Å². The summed E-state index contributed by atoms with van der Waals surface area (Å²) in [7, 11) is 0. The molecule has 5 nitrogen and oxygen atoms in total. The zero-order chi connectivity index (χ0) is 12.8. The molecule has 1 rings (SSSR count). The Bertz CT molecular complexity index is 427. The molecule has 0 spiro atoms. The summed E-state index contributed by atoms with van der Waals surface area (Å²) >= 11 is 0. The maximum atomic E-state index is 11.6. The summed E-state index contributed by atoms with van der Waals surface area (Å²) < 4.78 is 0. The number of carbonyl (C=O) groups is 2.